The lowest BCUT2D eigenvalue weighted by Crippen LogP contribution is -2.34. The second-order valence-corrected chi connectivity index (χ2v) is 8.66. The Labute approximate surface area is 178 Å². The largest absolute Gasteiger partial charge is 0.388 e. The van der Waals surface area contributed by atoms with Crippen molar-refractivity contribution in [3.63, 3.8) is 0 Å². The minimum atomic E-state index is -0.450. The first-order chi connectivity index (χ1) is 13.9. The molecule has 4 nitrogen and oxygen atoms in total. The highest BCUT2D eigenvalue weighted by atomic mass is 35.5. The van der Waals surface area contributed by atoms with E-state index in [1.54, 1.807) is 0 Å². The summed E-state index contributed by atoms with van der Waals surface area (Å²) in [6.45, 7) is 4.86. The van der Waals surface area contributed by atoms with Gasteiger partial charge in [-0.05, 0) is 73.5 Å². The molecule has 1 aliphatic heterocycles. The number of carbonyl (C=O) groups is 1. The number of primary amides is 1. The summed E-state index contributed by atoms with van der Waals surface area (Å²) in [5, 5.41) is 11.1. The van der Waals surface area contributed by atoms with E-state index < -0.39 is 6.10 Å². The number of halogens is 1. The van der Waals surface area contributed by atoms with Crippen molar-refractivity contribution in [3.8, 4) is 0 Å². The molecule has 2 aromatic carbocycles. The summed E-state index contributed by atoms with van der Waals surface area (Å²) < 4.78 is 0. The summed E-state index contributed by atoms with van der Waals surface area (Å²) in [5.41, 5.74) is 8.87. The van der Waals surface area contributed by atoms with E-state index in [-0.39, 0.29) is 11.8 Å². The van der Waals surface area contributed by atoms with Crippen LogP contribution >= 0.6 is 11.6 Å². The molecular weight excluding hydrogens is 384 g/mol. The molecule has 5 heteroatoms. The number of hydrogen-bond acceptors (Lipinski definition) is 3. The number of benzene rings is 2. The quantitative estimate of drug-likeness (QED) is 0.676. The fourth-order valence-electron chi connectivity index (χ4n) is 4.07. The van der Waals surface area contributed by atoms with Gasteiger partial charge in [0.2, 0.25) is 5.91 Å². The number of nitrogens with two attached hydrogens (primary N) is 1. The van der Waals surface area contributed by atoms with Crippen LogP contribution in [0.5, 0.6) is 0 Å². The van der Waals surface area contributed by atoms with Gasteiger partial charge in [0.15, 0.2) is 0 Å². The smallest absolute Gasteiger partial charge is 0.220 e. The molecule has 3 N–H and O–H groups in total. The summed E-state index contributed by atoms with van der Waals surface area (Å²) in [6, 6.07) is 16.0. The molecule has 0 aromatic heterocycles. The van der Waals surface area contributed by atoms with E-state index in [1.165, 1.54) is 11.1 Å². The zero-order valence-electron chi connectivity index (χ0n) is 17.1. The van der Waals surface area contributed by atoms with Crippen molar-refractivity contribution < 1.29 is 9.90 Å². The molecule has 2 unspecified atom stereocenters. The lowest BCUT2D eigenvalue weighted by molar-refractivity contribution is -0.121. The Morgan fingerprint density at radius 1 is 1.21 bits per heavy atom. The number of nitrogens with zero attached hydrogens (tertiary/aromatic N) is 1. The Kier molecular flexibility index (Phi) is 7.70. The van der Waals surface area contributed by atoms with Crippen LogP contribution in [0.15, 0.2) is 48.5 Å². The van der Waals surface area contributed by atoms with Gasteiger partial charge in [-0.25, -0.2) is 0 Å². The zero-order valence-corrected chi connectivity index (χ0v) is 17.8. The second-order valence-electron chi connectivity index (χ2n) is 8.22. The van der Waals surface area contributed by atoms with E-state index in [0.717, 1.165) is 44.5 Å². The molecule has 2 aromatic rings. The molecule has 0 spiro atoms. The van der Waals surface area contributed by atoms with Crippen LogP contribution in [0.2, 0.25) is 5.02 Å². The molecular formula is C24H31ClN2O2. The van der Waals surface area contributed by atoms with Crippen LogP contribution in [0.1, 0.15) is 54.9 Å². The van der Waals surface area contributed by atoms with Crippen molar-refractivity contribution in [1.29, 1.82) is 0 Å². The average molecular weight is 415 g/mol. The number of piperidine rings is 1. The maximum atomic E-state index is 11.3. The summed E-state index contributed by atoms with van der Waals surface area (Å²) in [5.74, 6) is 0.167. The first kappa shape index (κ1) is 21.8. The van der Waals surface area contributed by atoms with Gasteiger partial charge < -0.3 is 15.7 Å². The number of likely N-dealkylation sites (tertiary alicyclic amines) is 1. The highest BCUT2D eigenvalue weighted by molar-refractivity contribution is 6.30. The third kappa shape index (κ3) is 6.30. The van der Waals surface area contributed by atoms with Gasteiger partial charge in [-0.1, -0.05) is 54.9 Å². The predicted octanol–water partition coefficient (Wildman–Crippen LogP) is 4.31. The number of rotatable bonds is 8. The molecule has 0 saturated carbocycles. The number of hydrogen-bond donors (Lipinski definition) is 2. The Bertz CT molecular complexity index is 801. The number of carbonyl (C=O) groups excluding carboxylic acids is 1. The van der Waals surface area contributed by atoms with E-state index >= 15 is 0 Å². The van der Waals surface area contributed by atoms with E-state index in [9.17, 15) is 9.90 Å². The van der Waals surface area contributed by atoms with Gasteiger partial charge in [-0.2, -0.15) is 0 Å². The molecule has 0 radical (unpaired) electrons. The van der Waals surface area contributed by atoms with E-state index in [1.807, 2.05) is 31.2 Å². The molecule has 1 aliphatic rings. The van der Waals surface area contributed by atoms with Gasteiger partial charge in [-0.3, -0.25) is 4.79 Å². The van der Waals surface area contributed by atoms with Gasteiger partial charge in [-0.15, -0.1) is 0 Å². The van der Waals surface area contributed by atoms with Crippen LogP contribution in [0.25, 0.3) is 0 Å². The molecule has 1 fully saturated rings. The van der Waals surface area contributed by atoms with Crippen LogP contribution in [0.3, 0.4) is 0 Å². The van der Waals surface area contributed by atoms with Crippen LogP contribution < -0.4 is 5.73 Å². The second kappa shape index (κ2) is 10.2. The summed E-state index contributed by atoms with van der Waals surface area (Å²) in [7, 11) is 0. The Hall–Kier alpha value is -1.88. The van der Waals surface area contributed by atoms with Gasteiger partial charge in [0.05, 0.1) is 6.10 Å². The molecule has 1 heterocycles. The monoisotopic (exact) mass is 414 g/mol. The molecule has 1 saturated heterocycles. The van der Waals surface area contributed by atoms with Gasteiger partial charge in [0.1, 0.15) is 0 Å². The van der Waals surface area contributed by atoms with E-state index in [4.69, 9.17) is 17.3 Å². The standard InChI is InChI=1S/C24H31ClN2O2/c1-17(24(26)29)15-18-3-2-4-21(16-18)19-9-12-27(13-10-19)14-11-23(28)20-5-7-22(25)8-6-20/h2-8,16-17,19,23,28H,9-15H2,1H3,(H2,26,29). The minimum absolute atomic E-state index is 0.140. The normalized spacial score (nSPS) is 17.8. The molecule has 1 amide bonds. The Morgan fingerprint density at radius 2 is 1.90 bits per heavy atom. The van der Waals surface area contributed by atoms with Crippen molar-refractivity contribution in [2.75, 3.05) is 19.6 Å². The summed E-state index contributed by atoms with van der Waals surface area (Å²) in [6.07, 6.45) is 3.21. The van der Waals surface area contributed by atoms with Crippen LogP contribution in [0, 0.1) is 5.92 Å². The topological polar surface area (TPSA) is 66.6 Å². The number of aliphatic hydroxyl groups is 1. The molecule has 0 aliphatic carbocycles. The van der Waals surface area contributed by atoms with Crippen molar-refractivity contribution in [3.05, 3.63) is 70.2 Å². The lowest BCUT2D eigenvalue weighted by Gasteiger charge is -2.33. The first-order valence-electron chi connectivity index (χ1n) is 10.5. The number of amides is 1. The number of aliphatic hydroxyl groups excluding tert-OH is 1. The minimum Gasteiger partial charge on any atom is -0.388 e. The highest BCUT2D eigenvalue weighted by Crippen LogP contribution is 2.29. The maximum Gasteiger partial charge on any atom is 0.220 e. The van der Waals surface area contributed by atoms with Gasteiger partial charge in [0, 0.05) is 17.5 Å². The summed E-state index contributed by atoms with van der Waals surface area (Å²) in [4.78, 5) is 13.8. The molecule has 3 rings (SSSR count). The van der Waals surface area contributed by atoms with Crippen molar-refractivity contribution >= 4 is 17.5 Å². The molecule has 0 bridgehead atoms. The average Bonchev–Trinajstić information content (AvgIpc) is 2.73. The zero-order chi connectivity index (χ0) is 20.8. The SMILES string of the molecule is CC(Cc1cccc(C2CCN(CCC(O)c3ccc(Cl)cc3)CC2)c1)C(N)=O. The van der Waals surface area contributed by atoms with Crippen molar-refractivity contribution in [2.45, 2.75) is 44.6 Å². The Morgan fingerprint density at radius 3 is 2.55 bits per heavy atom. The molecule has 2 atom stereocenters. The van der Waals surface area contributed by atoms with E-state index in [2.05, 4.69) is 29.2 Å². The molecule has 156 valence electrons. The van der Waals surface area contributed by atoms with Crippen LogP contribution in [-0.2, 0) is 11.2 Å². The predicted molar refractivity (Wildman–Crippen MR) is 118 cm³/mol. The van der Waals surface area contributed by atoms with Gasteiger partial charge >= 0.3 is 0 Å². The third-order valence-corrected chi connectivity index (χ3v) is 6.26. The summed E-state index contributed by atoms with van der Waals surface area (Å²) >= 11 is 5.92. The fraction of sp³-hybridized carbons (Fsp3) is 0.458. The fourth-order valence-corrected chi connectivity index (χ4v) is 4.20. The van der Waals surface area contributed by atoms with Gasteiger partial charge in [0.25, 0.3) is 0 Å². The van der Waals surface area contributed by atoms with Crippen molar-refractivity contribution in [2.24, 2.45) is 11.7 Å². The first-order valence-corrected chi connectivity index (χ1v) is 10.8. The van der Waals surface area contributed by atoms with Crippen LogP contribution in [-0.4, -0.2) is 35.5 Å². The maximum absolute atomic E-state index is 11.3. The third-order valence-electron chi connectivity index (χ3n) is 6.01. The van der Waals surface area contributed by atoms with E-state index in [0.29, 0.717) is 17.4 Å². The Balaban J connectivity index is 1.48. The van der Waals surface area contributed by atoms with Crippen molar-refractivity contribution in [1.82, 2.24) is 4.90 Å². The molecule has 29 heavy (non-hydrogen) atoms. The highest BCUT2D eigenvalue weighted by Gasteiger charge is 2.22. The van der Waals surface area contributed by atoms with Crippen LogP contribution in [0.4, 0.5) is 0 Å². The lowest BCUT2D eigenvalue weighted by atomic mass is 9.87.